The predicted octanol–water partition coefficient (Wildman–Crippen LogP) is 6.48. The number of hydrogen-bond donors (Lipinski definition) is 2. The summed E-state index contributed by atoms with van der Waals surface area (Å²) in [5, 5.41) is 14.4. The molecule has 3 rings (SSSR count). The highest BCUT2D eigenvalue weighted by Gasteiger charge is 2.36. The maximum Gasteiger partial charge on any atom is 0.126 e. The lowest BCUT2D eigenvalue weighted by molar-refractivity contribution is 0.137. The molecule has 4 heteroatoms. The Hall–Kier alpha value is -2.04. The van der Waals surface area contributed by atoms with E-state index in [1.54, 1.807) is 0 Å². The van der Waals surface area contributed by atoms with Crippen LogP contribution >= 0.6 is 0 Å². The topological polar surface area (TPSA) is 32.3 Å². The van der Waals surface area contributed by atoms with Gasteiger partial charge in [0.15, 0.2) is 0 Å². The van der Waals surface area contributed by atoms with Gasteiger partial charge in [0.2, 0.25) is 0 Å². The third kappa shape index (κ3) is 6.26. The minimum absolute atomic E-state index is 0.0490. The van der Waals surface area contributed by atoms with Crippen LogP contribution in [0, 0.1) is 18.6 Å². The van der Waals surface area contributed by atoms with E-state index in [2.05, 4.69) is 57.8 Å². The maximum absolute atomic E-state index is 13.4. The number of rotatable bonds is 7. The largest absolute Gasteiger partial charge is 0.392 e. The molecule has 0 radical (unpaired) electrons. The zero-order valence-corrected chi connectivity index (χ0v) is 19.9. The molecule has 1 aliphatic carbocycles. The fraction of sp³-hybridized carbons (Fsp3) is 0.500. The van der Waals surface area contributed by atoms with Crippen LogP contribution in [0.5, 0.6) is 0 Å². The Morgan fingerprint density at radius 2 is 1.78 bits per heavy atom. The van der Waals surface area contributed by atoms with Crippen LogP contribution in [0.2, 0.25) is 0 Å². The van der Waals surface area contributed by atoms with Crippen LogP contribution < -0.4 is 5.32 Å². The van der Waals surface area contributed by atoms with Crippen molar-refractivity contribution < 1.29 is 13.9 Å². The van der Waals surface area contributed by atoms with E-state index in [0.717, 1.165) is 31.7 Å². The molecule has 2 atom stereocenters. The van der Waals surface area contributed by atoms with Gasteiger partial charge in [-0.3, -0.25) is 0 Å². The number of aliphatic hydroxyl groups is 1. The van der Waals surface area contributed by atoms with Crippen molar-refractivity contribution in [3.05, 3.63) is 82.4 Å². The Bertz CT molecular complexity index is 942. The molecule has 1 saturated carbocycles. The Morgan fingerprint density at radius 1 is 1.09 bits per heavy atom. The quantitative estimate of drug-likeness (QED) is 0.482. The van der Waals surface area contributed by atoms with E-state index in [4.69, 9.17) is 0 Å². The molecule has 2 N–H and O–H groups in total. The molecule has 1 aliphatic rings. The molecule has 0 spiro atoms. The first-order valence-electron chi connectivity index (χ1n) is 11.6. The fourth-order valence-corrected chi connectivity index (χ4v) is 4.74. The Kier molecular flexibility index (Phi) is 7.57. The van der Waals surface area contributed by atoms with Crippen molar-refractivity contribution in [3.63, 3.8) is 0 Å². The highest BCUT2D eigenvalue weighted by molar-refractivity contribution is 5.39. The molecule has 2 nitrogen and oxygen atoms in total. The maximum atomic E-state index is 13.4. The SMILES string of the molecule is C=C1CCCC(NCC(O)CCc2cc(F)cc(F)c2)(c2cc(C)cc(C(C)(C)C)c2)C1. The van der Waals surface area contributed by atoms with Crippen molar-refractivity contribution in [1.29, 1.82) is 0 Å². The van der Waals surface area contributed by atoms with Crippen LogP contribution in [-0.2, 0) is 17.4 Å². The molecule has 0 saturated heterocycles. The Morgan fingerprint density at radius 3 is 2.41 bits per heavy atom. The zero-order chi connectivity index (χ0) is 23.5. The first-order valence-corrected chi connectivity index (χ1v) is 11.6. The fourth-order valence-electron chi connectivity index (χ4n) is 4.74. The molecule has 1 fully saturated rings. The third-order valence-electron chi connectivity index (χ3n) is 6.55. The summed E-state index contributed by atoms with van der Waals surface area (Å²) < 4.78 is 26.9. The molecule has 2 aromatic rings. The van der Waals surface area contributed by atoms with Gasteiger partial charge in [0, 0.05) is 18.2 Å². The Balaban J connectivity index is 1.76. The molecule has 2 aromatic carbocycles. The van der Waals surface area contributed by atoms with E-state index in [-0.39, 0.29) is 11.0 Å². The second-order valence-electron chi connectivity index (χ2n) is 10.6. The minimum Gasteiger partial charge on any atom is -0.392 e. The lowest BCUT2D eigenvalue weighted by Crippen LogP contribution is -2.47. The molecular formula is C28H37F2NO. The molecule has 2 unspecified atom stereocenters. The van der Waals surface area contributed by atoms with Crippen molar-refractivity contribution in [3.8, 4) is 0 Å². The van der Waals surface area contributed by atoms with E-state index in [0.29, 0.717) is 24.9 Å². The van der Waals surface area contributed by atoms with E-state index >= 15 is 0 Å². The lowest BCUT2D eigenvalue weighted by Gasteiger charge is -2.41. The molecule has 0 aliphatic heterocycles. The van der Waals surface area contributed by atoms with Gasteiger partial charge in [-0.1, -0.05) is 56.7 Å². The van der Waals surface area contributed by atoms with Crippen LogP contribution in [0.3, 0.4) is 0 Å². The molecule has 0 amide bonds. The van der Waals surface area contributed by atoms with Crippen LogP contribution in [-0.4, -0.2) is 17.8 Å². The average molecular weight is 442 g/mol. The lowest BCUT2D eigenvalue weighted by atomic mass is 9.72. The summed E-state index contributed by atoms with van der Waals surface area (Å²) in [6, 6.07) is 10.3. The van der Waals surface area contributed by atoms with E-state index in [1.165, 1.54) is 34.4 Å². The number of hydrogen-bond acceptors (Lipinski definition) is 2. The van der Waals surface area contributed by atoms with Crippen LogP contribution in [0.4, 0.5) is 8.78 Å². The summed E-state index contributed by atoms with van der Waals surface area (Å²) in [6.45, 7) is 13.5. The van der Waals surface area contributed by atoms with Gasteiger partial charge in [-0.2, -0.15) is 0 Å². The van der Waals surface area contributed by atoms with Gasteiger partial charge in [0.25, 0.3) is 0 Å². The summed E-state index contributed by atoms with van der Waals surface area (Å²) in [4.78, 5) is 0. The number of aliphatic hydroxyl groups excluding tert-OH is 1. The molecular weight excluding hydrogens is 404 g/mol. The predicted molar refractivity (Wildman–Crippen MR) is 128 cm³/mol. The van der Waals surface area contributed by atoms with Gasteiger partial charge in [-0.05, 0) is 79.7 Å². The number of nitrogens with one attached hydrogen (secondary N) is 1. The van der Waals surface area contributed by atoms with Crippen molar-refractivity contribution in [2.75, 3.05) is 6.54 Å². The van der Waals surface area contributed by atoms with Crippen molar-refractivity contribution in [2.24, 2.45) is 0 Å². The zero-order valence-electron chi connectivity index (χ0n) is 19.9. The third-order valence-corrected chi connectivity index (χ3v) is 6.55. The van der Waals surface area contributed by atoms with Gasteiger partial charge in [-0.15, -0.1) is 0 Å². The average Bonchev–Trinajstić information content (AvgIpc) is 2.69. The first-order chi connectivity index (χ1) is 15.0. The first kappa shape index (κ1) is 24.6. The normalized spacial score (nSPS) is 20.4. The van der Waals surface area contributed by atoms with E-state index < -0.39 is 17.7 Å². The van der Waals surface area contributed by atoms with Gasteiger partial charge >= 0.3 is 0 Å². The van der Waals surface area contributed by atoms with Crippen LogP contribution in [0.15, 0.2) is 48.6 Å². The van der Waals surface area contributed by atoms with E-state index in [1.807, 2.05) is 0 Å². The second-order valence-corrected chi connectivity index (χ2v) is 10.6. The summed E-state index contributed by atoms with van der Waals surface area (Å²) in [5.41, 5.74) is 5.38. The molecule has 0 bridgehead atoms. The molecule has 0 heterocycles. The molecule has 174 valence electrons. The smallest absolute Gasteiger partial charge is 0.126 e. The van der Waals surface area contributed by atoms with Crippen molar-refractivity contribution >= 4 is 0 Å². The van der Waals surface area contributed by atoms with Crippen molar-refractivity contribution in [2.45, 2.75) is 83.3 Å². The van der Waals surface area contributed by atoms with Crippen molar-refractivity contribution in [1.82, 2.24) is 5.32 Å². The van der Waals surface area contributed by atoms with Gasteiger partial charge in [-0.25, -0.2) is 8.78 Å². The number of halogens is 2. The highest BCUT2D eigenvalue weighted by atomic mass is 19.1. The van der Waals surface area contributed by atoms with Crippen LogP contribution in [0.1, 0.15) is 75.1 Å². The summed E-state index contributed by atoms with van der Waals surface area (Å²) in [5.74, 6) is -1.16. The van der Waals surface area contributed by atoms with E-state index in [9.17, 15) is 13.9 Å². The molecule has 32 heavy (non-hydrogen) atoms. The van der Waals surface area contributed by atoms with Gasteiger partial charge in [0.1, 0.15) is 11.6 Å². The number of aryl methyl sites for hydroxylation is 2. The van der Waals surface area contributed by atoms with Gasteiger partial charge in [0.05, 0.1) is 6.10 Å². The second kappa shape index (κ2) is 9.84. The number of benzene rings is 2. The van der Waals surface area contributed by atoms with Gasteiger partial charge < -0.3 is 10.4 Å². The standard InChI is InChI=1S/C28H37F2NO/c1-19-7-6-10-28(17-19,23-12-20(2)11-22(15-23)27(3,4)5)31-18-26(32)9-8-21-13-24(29)16-25(30)14-21/h11-16,26,31-32H,1,6-10,17-18H2,2-5H3. The summed E-state index contributed by atoms with van der Waals surface area (Å²) in [7, 11) is 0. The Labute approximate surface area is 191 Å². The minimum atomic E-state index is -0.611. The molecule has 0 aromatic heterocycles. The highest BCUT2D eigenvalue weighted by Crippen LogP contribution is 2.41. The van der Waals surface area contributed by atoms with Crippen LogP contribution in [0.25, 0.3) is 0 Å². The summed E-state index contributed by atoms with van der Waals surface area (Å²) >= 11 is 0. The monoisotopic (exact) mass is 441 g/mol. The summed E-state index contributed by atoms with van der Waals surface area (Å²) in [6.07, 6.45) is 4.19.